The van der Waals surface area contributed by atoms with E-state index in [1.165, 1.54) is 0 Å². The Morgan fingerprint density at radius 3 is 2.50 bits per heavy atom. The molecule has 0 fully saturated rings. The van der Waals surface area contributed by atoms with Crippen LogP contribution in [0.1, 0.15) is 54.7 Å². The Morgan fingerprint density at radius 2 is 1.92 bits per heavy atom. The van der Waals surface area contributed by atoms with Crippen LogP contribution in [0.5, 0.6) is 5.75 Å². The Bertz CT molecular complexity index is 650. The zero-order chi connectivity index (χ0) is 17.5. The molecule has 0 radical (unpaired) electrons. The van der Waals surface area contributed by atoms with Crippen molar-refractivity contribution in [3.8, 4) is 5.75 Å². The van der Waals surface area contributed by atoms with E-state index in [1.54, 1.807) is 23.5 Å². The minimum Gasteiger partial charge on any atom is -0.487 e. The molecular weight excluding hydrogens is 320 g/mol. The molecule has 0 aliphatic heterocycles. The van der Waals surface area contributed by atoms with Gasteiger partial charge in [-0.3, -0.25) is 4.79 Å². The molecule has 1 atom stereocenters. The Labute approximate surface area is 148 Å². The number of nitrogens with zero attached hydrogens (tertiary/aromatic N) is 1. The monoisotopic (exact) mass is 346 g/mol. The molecule has 1 aromatic carbocycles. The van der Waals surface area contributed by atoms with Crippen molar-refractivity contribution in [2.75, 3.05) is 0 Å². The van der Waals surface area contributed by atoms with Gasteiger partial charge in [0.2, 0.25) is 0 Å². The van der Waals surface area contributed by atoms with Crippen molar-refractivity contribution in [3.63, 3.8) is 0 Å². The van der Waals surface area contributed by atoms with Gasteiger partial charge < -0.3 is 10.1 Å². The van der Waals surface area contributed by atoms with Crippen LogP contribution in [-0.4, -0.2) is 16.9 Å². The first-order chi connectivity index (χ1) is 11.4. The number of amides is 1. The normalized spacial score (nSPS) is 12.2. The van der Waals surface area contributed by atoms with E-state index in [0.717, 1.165) is 29.3 Å². The van der Waals surface area contributed by atoms with E-state index in [2.05, 4.69) is 24.1 Å². The first-order valence-corrected chi connectivity index (χ1v) is 9.26. The average Bonchev–Trinajstić information content (AvgIpc) is 2.97. The lowest BCUT2D eigenvalue weighted by Gasteiger charge is -2.15. The number of benzene rings is 1. The van der Waals surface area contributed by atoms with Crippen LogP contribution in [0, 0.1) is 12.8 Å². The summed E-state index contributed by atoms with van der Waals surface area (Å²) in [5.74, 6) is 1.36. The zero-order valence-corrected chi connectivity index (χ0v) is 15.7. The lowest BCUT2D eigenvalue weighted by molar-refractivity contribution is 0.0937. The van der Waals surface area contributed by atoms with Crippen LogP contribution in [0.3, 0.4) is 0 Å². The first-order valence-electron chi connectivity index (χ1n) is 8.38. The fraction of sp³-hybridized carbons (Fsp3) is 0.474. The smallest absolute Gasteiger partial charge is 0.251 e. The predicted octanol–water partition coefficient (Wildman–Crippen LogP) is 4.59. The Balaban J connectivity index is 1.83. The summed E-state index contributed by atoms with van der Waals surface area (Å²) in [6, 6.07) is 7.43. The topological polar surface area (TPSA) is 51.2 Å². The molecule has 5 heteroatoms. The van der Waals surface area contributed by atoms with Gasteiger partial charge in [0.25, 0.3) is 5.91 Å². The maximum Gasteiger partial charge on any atom is 0.251 e. The molecule has 0 aliphatic rings. The van der Waals surface area contributed by atoms with Crippen LogP contribution >= 0.6 is 11.3 Å². The van der Waals surface area contributed by atoms with Gasteiger partial charge in [-0.2, -0.15) is 0 Å². The summed E-state index contributed by atoms with van der Waals surface area (Å²) >= 11 is 1.61. The summed E-state index contributed by atoms with van der Waals surface area (Å²) in [6.45, 7) is 8.86. The molecule has 24 heavy (non-hydrogen) atoms. The zero-order valence-electron chi connectivity index (χ0n) is 14.8. The highest BCUT2D eigenvalue weighted by atomic mass is 32.1. The number of carbonyl (C=O) groups excluding carboxylic acids is 1. The molecule has 2 rings (SSSR count). The highest BCUT2D eigenvalue weighted by molar-refractivity contribution is 7.09. The molecule has 0 aliphatic carbocycles. The largest absolute Gasteiger partial charge is 0.487 e. The van der Waals surface area contributed by atoms with Crippen LogP contribution in [0.15, 0.2) is 29.6 Å². The van der Waals surface area contributed by atoms with E-state index in [0.29, 0.717) is 18.1 Å². The molecule has 130 valence electrons. The molecule has 0 saturated heterocycles. The fourth-order valence-electron chi connectivity index (χ4n) is 2.30. The van der Waals surface area contributed by atoms with Crippen molar-refractivity contribution in [1.82, 2.24) is 10.3 Å². The predicted molar refractivity (Wildman–Crippen MR) is 98.6 cm³/mol. The van der Waals surface area contributed by atoms with E-state index in [1.807, 2.05) is 31.4 Å². The second kappa shape index (κ2) is 8.83. The summed E-state index contributed by atoms with van der Waals surface area (Å²) < 4.78 is 5.70. The third-order valence-corrected chi connectivity index (χ3v) is 4.55. The maximum absolute atomic E-state index is 12.2. The molecule has 1 unspecified atom stereocenters. The highest BCUT2D eigenvalue weighted by Gasteiger charge is 2.10. The number of ether oxygens (including phenoxy) is 1. The van der Waals surface area contributed by atoms with Gasteiger partial charge in [-0.25, -0.2) is 4.98 Å². The van der Waals surface area contributed by atoms with Crippen LogP contribution in [-0.2, 0) is 6.61 Å². The van der Waals surface area contributed by atoms with Gasteiger partial charge in [-0.05, 0) is 56.9 Å². The van der Waals surface area contributed by atoms with Crippen molar-refractivity contribution in [1.29, 1.82) is 0 Å². The molecule has 0 saturated carbocycles. The summed E-state index contributed by atoms with van der Waals surface area (Å²) in [5.41, 5.74) is 1.58. The van der Waals surface area contributed by atoms with Gasteiger partial charge in [-0.15, -0.1) is 11.3 Å². The van der Waals surface area contributed by atoms with Gasteiger partial charge in [0.05, 0.1) is 10.7 Å². The third kappa shape index (κ3) is 5.96. The Morgan fingerprint density at radius 1 is 1.21 bits per heavy atom. The van der Waals surface area contributed by atoms with E-state index in [4.69, 9.17) is 4.74 Å². The lowest BCUT2D eigenvalue weighted by atomic mass is 10.0. The molecule has 0 spiro atoms. The molecule has 4 nitrogen and oxygen atoms in total. The summed E-state index contributed by atoms with van der Waals surface area (Å²) in [4.78, 5) is 16.6. The molecular formula is C19H26N2O2S. The second-order valence-electron chi connectivity index (χ2n) is 6.52. The van der Waals surface area contributed by atoms with E-state index in [-0.39, 0.29) is 11.9 Å². The van der Waals surface area contributed by atoms with E-state index in [9.17, 15) is 4.79 Å². The number of nitrogens with one attached hydrogen (secondary N) is 1. The number of hydrogen-bond acceptors (Lipinski definition) is 4. The van der Waals surface area contributed by atoms with Crippen LogP contribution < -0.4 is 10.1 Å². The molecule has 1 amide bonds. The van der Waals surface area contributed by atoms with E-state index >= 15 is 0 Å². The van der Waals surface area contributed by atoms with Crippen LogP contribution in [0.25, 0.3) is 0 Å². The van der Waals surface area contributed by atoms with Crippen LogP contribution in [0.2, 0.25) is 0 Å². The summed E-state index contributed by atoms with van der Waals surface area (Å²) in [6.07, 6.45) is 2.11. The molecule has 2 aromatic rings. The van der Waals surface area contributed by atoms with Crippen molar-refractivity contribution in [3.05, 3.63) is 45.9 Å². The minimum absolute atomic E-state index is 0.0343. The van der Waals surface area contributed by atoms with Crippen molar-refractivity contribution < 1.29 is 9.53 Å². The highest BCUT2D eigenvalue weighted by Crippen LogP contribution is 2.16. The lowest BCUT2D eigenvalue weighted by Crippen LogP contribution is -2.32. The Kier molecular flexibility index (Phi) is 6.79. The molecule has 1 heterocycles. The van der Waals surface area contributed by atoms with Crippen LogP contribution in [0.4, 0.5) is 0 Å². The quantitative estimate of drug-likeness (QED) is 0.761. The first kappa shape index (κ1) is 18.5. The number of aryl methyl sites for hydroxylation is 1. The van der Waals surface area contributed by atoms with Gasteiger partial charge in [0, 0.05) is 17.0 Å². The van der Waals surface area contributed by atoms with Gasteiger partial charge in [-0.1, -0.05) is 13.8 Å². The standard InChI is InChI=1S/C19H26N2O2S/c1-13(2)5-6-14(3)20-19(22)16-7-9-18(10-8-16)23-11-17-12-24-15(4)21-17/h7-10,12-14H,5-6,11H2,1-4H3,(H,20,22). The van der Waals surface area contributed by atoms with Gasteiger partial charge in [0.15, 0.2) is 0 Å². The molecule has 1 N–H and O–H groups in total. The number of hydrogen-bond donors (Lipinski definition) is 1. The van der Waals surface area contributed by atoms with Crippen molar-refractivity contribution in [2.45, 2.75) is 53.2 Å². The van der Waals surface area contributed by atoms with Gasteiger partial charge in [0.1, 0.15) is 12.4 Å². The second-order valence-corrected chi connectivity index (χ2v) is 7.58. The Hall–Kier alpha value is -1.88. The maximum atomic E-state index is 12.2. The minimum atomic E-state index is -0.0343. The molecule has 0 bridgehead atoms. The number of aromatic nitrogens is 1. The van der Waals surface area contributed by atoms with E-state index < -0.39 is 0 Å². The fourth-order valence-corrected chi connectivity index (χ4v) is 2.89. The number of thiazole rings is 1. The van der Waals surface area contributed by atoms with Crippen molar-refractivity contribution in [2.24, 2.45) is 5.92 Å². The van der Waals surface area contributed by atoms with Gasteiger partial charge >= 0.3 is 0 Å². The number of rotatable bonds is 8. The van der Waals surface area contributed by atoms with Crippen molar-refractivity contribution >= 4 is 17.2 Å². The average molecular weight is 346 g/mol. The summed E-state index contributed by atoms with van der Waals surface area (Å²) in [7, 11) is 0. The summed E-state index contributed by atoms with van der Waals surface area (Å²) in [5, 5.41) is 6.07. The third-order valence-electron chi connectivity index (χ3n) is 3.72. The SMILES string of the molecule is Cc1nc(COc2ccc(C(=O)NC(C)CCC(C)C)cc2)cs1. The molecule has 1 aromatic heterocycles. The number of carbonyl (C=O) groups is 1.